The zero-order valence-electron chi connectivity index (χ0n) is 8.65. The van der Waals surface area contributed by atoms with Crippen molar-refractivity contribution in [3.63, 3.8) is 0 Å². The summed E-state index contributed by atoms with van der Waals surface area (Å²) < 4.78 is 1.23. The topological polar surface area (TPSA) is 0 Å². The van der Waals surface area contributed by atoms with E-state index in [2.05, 4.69) is 41.2 Å². The van der Waals surface area contributed by atoms with Crippen LogP contribution < -0.4 is 0 Å². The van der Waals surface area contributed by atoms with Crippen LogP contribution in [0.5, 0.6) is 0 Å². The van der Waals surface area contributed by atoms with Crippen LogP contribution in [0.3, 0.4) is 0 Å². The van der Waals surface area contributed by atoms with E-state index in [4.69, 9.17) is 11.6 Å². The van der Waals surface area contributed by atoms with Gasteiger partial charge < -0.3 is 0 Å². The fourth-order valence-corrected chi connectivity index (χ4v) is 3.58. The third-order valence-corrected chi connectivity index (χ3v) is 5.03. The van der Waals surface area contributed by atoms with E-state index in [0.717, 1.165) is 12.3 Å². The maximum atomic E-state index is 6.05. The van der Waals surface area contributed by atoms with Crippen molar-refractivity contribution < 1.29 is 0 Å². The first-order valence-electron chi connectivity index (χ1n) is 4.89. The summed E-state index contributed by atoms with van der Waals surface area (Å²) in [5.74, 6) is 0.741. The van der Waals surface area contributed by atoms with Gasteiger partial charge in [0.1, 0.15) is 0 Å². The van der Waals surface area contributed by atoms with Crippen molar-refractivity contribution >= 4 is 38.9 Å². The van der Waals surface area contributed by atoms with Crippen LogP contribution in [-0.2, 0) is 6.42 Å². The molecule has 0 fully saturated rings. The van der Waals surface area contributed by atoms with Crippen molar-refractivity contribution in [3.8, 4) is 0 Å². The normalized spacial score (nSPS) is 15.4. The largest absolute Gasteiger partial charge is 0.148 e. The molecule has 0 aliphatic carbocycles. The van der Waals surface area contributed by atoms with E-state index in [0.29, 0.717) is 0 Å². The van der Waals surface area contributed by atoms with Crippen LogP contribution in [0.15, 0.2) is 15.9 Å². The van der Waals surface area contributed by atoms with E-state index in [1.165, 1.54) is 22.2 Å². The van der Waals surface area contributed by atoms with Gasteiger partial charge >= 0.3 is 0 Å². The molecule has 1 unspecified atom stereocenters. The molecule has 1 atom stereocenters. The molecule has 0 aliphatic rings. The van der Waals surface area contributed by atoms with E-state index < -0.39 is 0 Å². The molecule has 3 heteroatoms. The molecule has 0 amide bonds. The van der Waals surface area contributed by atoms with Gasteiger partial charge in [-0.25, -0.2) is 0 Å². The number of alkyl halides is 1. The van der Waals surface area contributed by atoms with Gasteiger partial charge in [0, 0.05) is 15.2 Å². The van der Waals surface area contributed by atoms with Gasteiger partial charge in [0.05, 0.1) is 0 Å². The zero-order valence-corrected chi connectivity index (χ0v) is 11.8. The molecule has 0 aromatic carbocycles. The van der Waals surface area contributed by atoms with Crippen LogP contribution in [0, 0.1) is 5.41 Å². The van der Waals surface area contributed by atoms with Gasteiger partial charge in [-0.05, 0) is 45.6 Å². The molecule has 1 aromatic heterocycles. The molecule has 1 rings (SSSR count). The van der Waals surface area contributed by atoms with Crippen molar-refractivity contribution in [2.24, 2.45) is 5.41 Å². The van der Waals surface area contributed by atoms with Gasteiger partial charge in [0.25, 0.3) is 0 Å². The Bertz CT molecular complexity index is 285. The average molecular weight is 296 g/mol. The summed E-state index contributed by atoms with van der Waals surface area (Å²) in [6.07, 6.45) is 3.48. The number of hydrogen-bond acceptors (Lipinski definition) is 1. The Morgan fingerprint density at radius 1 is 1.57 bits per heavy atom. The molecular formula is C11H16BrClS. The van der Waals surface area contributed by atoms with E-state index in [1.54, 1.807) is 0 Å². The fourth-order valence-electron chi connectivity index (χ4n) is 1.64. The Balaban J connectivity index is 2.69. The SMILES string of the molecule is CCCC(C)(CCl)Cc1sccc1Br. The highest BCUT2D eigenvalue weighted by atomic mass is 79.9. The van der Waals surface area contributed by atoms with Crippen LogP contribution in [0.1, 0.15) is 31.6 Å². The molecule has 1 aromatic rings. The predicted octanol–water partition coefficient (Wildman–Crippen LogP) is 5.10. The number of thiophene rings is 1. The standard InChI is InChI=1S/C11H16BrClS/c1-3-5-11(2,8-13)7-10-9(12)4-6-14-10/h4,6H,3,5,7-8H2,1-2H3. The molecule has 14 heavy (non-hydrogen) atoms. The van der Waals surface area contributed by atoms with Gasteiger partial charge in [-0.2, -0.15) is 0 Å². The molecule has 1 heterocycles. The third-order valence-electron chi connectivity index (χ3n) is 2.45. The summed E-state index contributed by atoms with van der Waals surface area (Å²) in [5.41, 5.74) is 0.254. The lowest BCUT2D eigenvalue weighted by atomic mass is 9.84. The number of hydrogen-bond donors (Lipinski definition) is 0. The molecule has 0 saturated carbocycles. The average Bonchev–Trinajstić information content (AvgIpc) is 2.52. The molecule has 0 radical (unpaired) electrons. The monoisotopic (exact) mass is 294 g/mol. The summed E-state index contributed by atoms with van der Waals surface area (Å²) in [6.45, 7) is 4.49. The fraction of sp³-hybridized carbons (Fsp3) is 0.636. The van der Waals surface area contributed by atoms with Gasteiger partial charge in [0.2, 0.25) is 0 Å². The van der Waals surface area contributed by atoms with Crippen molar-refractivity contribution in [1.82, 2.24) is 0 Å². The third kappa shape index (κ3) is 3.25. The first-order valence-corrected chi connectivity index (χ1v) is 7.10. The first-order chi connectivity index (χ1) is 6.61. The highest BCUT2D eigenvalue weighted by Crippen LogP contribution is 2.34. The zero-order chi connectivity index (χ0) is 10.6. The summed E-state index contributed by atoms with van der Waals surface area (Å²) in [7, 11) is 0. The maximum absolute atomic E-state index is 6.05. The minimum Gasteiger partial charge on any atom is -0.148 e. The quantitative estimate of drug-likeness (QED) is 0.663. The lowest BCUT2D eigenvalue weighted by molar-refractivity contribution is 0.337. The second-order valence-electron chi connectivity index (χ2n) is 4.06. The van der Waals surface area contributed by atoms with Crippen LogP contribution in [0.25, 0.3) is 0 Å². The minimum absolute atomic E-state index is 0.254. The Morgan fingerprint density at radius 2 is 2.29 bits per heavy atom. The van der Waals surface area contributed by atoms with Gasteiger partial charge in [0.15, 0.2) is 0 Å². The number of rotatable bonds is 5. The van der Waals surface area contributed by atoms with Gasteiger partial charge in [-0.1, -0.05) is 20.3 Å². The Kier molecular flexibility index (Phi) is 4.95. The maximum Gasteiger partial charge on any atom is 0.0314 e. The summed E-state index contributed by atoms with van der Waals surface area (Å²) in [6, 6.07) is 2.11. The summed E-state index contributed by atoms with van der Waals surface area (Å²) >= 11 is 11.4. The van der Waals surface area contributed by atoms with Gasteiger partial charge in [-0.3, -0.25) is 0 Å². The van der Waals surface area contributed by atoms with E-state index >= 15 is 0 Å². The lowest BCUT2D eigenvalue weighted by Crippen LogP contribution is -2.21. The smallest absolute Gasteiger partial charge is 0.0314 e. The molecule has 0 bridgehead atoms. The van der Waals surface area contributed by atoms with Crippen molar-refractivity contribution in [2.45, 2.75) is 33.1 Å². The molecular weight excluding hydrogens is 280 g/mol. The van der Waals surface area contributed by atoms with Gasteiger partial charge in [-0.15, -0.1) is 22.9 Å². The van der Waals surface area contributed by atoms with Crippen LogP contribution in [0.4, 0.5) is 0 Å². The second-order valence-corrected chi connectivity index (χ2v) is 6.19. The van der Waals surface area contributed by atoms with E-state index in [9.17, 15) is 0 Å². The lowest BCUT2D eigenvalue weighted by Gasteiger charge is -2.26. The first kappa shape index (κ1) is 12.5. The minimum atomic E-state index is 0.254. The van der Waals surface area contributed by atoms with Crippen LogP contribution in [0.2, 0.25) is 0 Å². The number of halogens is 2. The van der Waals surface area contributed by atoms with Crippen molar-refractivity contribution in [3.05, 3.63) is 20.8 Å². The molecule has 0 aliphatic heterocycles. The summed E-state index contributed by atoms with van der Waals surface area (Å²) in [4.78, 5) is 1.42. The van der Waals surface area contributed by atoms with Crippen LogP contribution in [-0.4, -0.2) is 5.88 Å². The Hall–Kier alpha value is 0.470. The molecule has 0 saturated heterocycles. The molecule has 0 nitrogen and oxygen atoms in total. The molecule has 0 spiro atoms. The van der Waals surface area contributed by atoms with Crippen molar-refractivity contribution in [2.75, 3.05) is 5.88 Å². The predicted molar refractivity (Wildman–Crippen MR) is 69.5 cm³/mol. The Labute approximate surface area is 104 Å². The summed E-state index contributed by atoms with van der Waals surface area (Å²) in [5, 5.41) is 2.13. The Morgan fingerprint density at radius 3 is 2.71 bits per heavy atom. The highest BCUT2D eigenvalue weighted by Gasteiger charge is 2.24. The van der Waals surface area contributed by atoms with Crippen LogP contribution >= 0.6 is 38.9 Å². The highest BCUT2D eigenvalue weighted by molar-refractivity contribution is 9.10. The second kappa shape index (κ2) is 5.53. The molecule has 80 valence electrons. The van der Waals surface area contributed by atoms with Crippen molar-refractivity contribution in [1.29, 1.82) is 0 Å². The molecule has 0 N–H and O–H groups in total. The van der Waals surface area contributed by atoms with E-state index in [1.807, 2.05) is 11.3 Å². The van der Waals surface area contributed by atoms with E-state index in [-0.39, 0.29) is 5.41 Å².